The van der Waals surface area contributed by atoms with Gasteiger partial charge in [-0.1, -0.05) is 6.92 Å². The second-order valence-electron chi connectivity index (χ2n) is 3.88. The molecule has 1 N–H and O–H groups in total. The highest BCUT2D eigenvalue weighted by Gasteiger charge is 2.28. The van der Waals surface area contributed by atoms with Crippen molar-refractivity contribution in [2.75, 3.05) is 19.6 Å². The van der Waals surface area contributed by atoms with E-state index >= 15 is 0 Å². The van der Waals surface area contributed by atoms with Crippen LogP contribution in [0.25, 0.3) is 0 Å². The van der Waals surface area contributed by atoms with Crippen molar-refractivity contribution in [1.82, 2.24) is 4.90 Å². The quantitative estimate of drug-likeness (QED) is 0.661. The van der Waals surface area contributed by atoms with Crippen molar-refractivity contribution in [2.24, 2.45) is 0 Å². The van der Waals surface area contributed by atoms with Gasteiger partial charge in [0.2, 0.25) is 0 Å². The lowest BCUT2D eigenvalue weighted by Crippen LogP contribution is -2.31. The number of rotatable bonds is 3. The van der Waals surface area contributed by atoms with Gasteiger partial charge in [-0.3, -0.25) is 0 Å². The van der Waals surface area contributed by atoms with E-state index in [-0.39, 0.29) is 0 Å². The normalized spacial score (nSPS) is 31.2. The van der Waals surface area contributed by atoms with Crippen molar-refractivity contribution < 1.29 is 9.90 Å². The summed E-state index contributed by atoms with van der Waals surface area (Å²) < 4.78 is 0. The maximum atomic E-state index is 10.4. The van der Waals surface area contributed by atoms with Crippen LogP contribution in [0, 0.1) is 0 Å². The Morgan fingerprint density at radius 1 is 1.46 bits per heavy atom. The Balaban J connectivity index is 2.47. The molecule has 0 spiro atoms. The Labute approximate surface area is 79.7 Å². The molecule has 1 unspecified atom stereocenters. The van der Waals surface area contributed by atoms with Crippen molar-refractivity contribution in [2.45, 2.75) is 38.2 Å². The van der Waals surface area contributed by atoms with Crippen LogP contribution in [0.5, 0.6) is 0 Å². The summed E-state index contributed by atoms with van der Waals surface area (Å²) in [6, 6.07) is 0. The van der Waals surface area contributed by atoms with E-state index in [0.717, 1.165) is 45.2 Å². The number of carbonyl (C=O) groups excluding carboxylic acids is 1. The van der Waals surface area contributed by atoms with Gasteiger partial charge in [0.15, 0.2) is 0 Å². The number of likely N-dealkylation sites (tertiary alicyclic amines) is 1. The molecule has 1 saturated heterocycles. The first-order chi connectivity index (χ1) is 6.20. The fourth-order valence-corrected chi connectivity index (χ4v) is 1.91. The van der Waals surface area contributed by atoms with Crippen molar-refractivity contribution in [1.29, 1.82) is 0 Å². The van der Waals surface area contributed by atoms with Crippen LogP contribution in [0.15, 0.2) is 0 Å². The molecular formula is C10H19NO2. The van der Waals surface area contributed by atoms with E-state index < -0.39 is 5.60 Å². The maximum absolute atomic E-state index is 10.4. The Kier molecular flexibility index (Phi) is 3.88. The monoisotopic (exact) mass is 185 g/mol. The van der Waals surface area contributed by atoms with Crippen molar-refractivity contribution in [3.8, 4) is 0 Å². The third kappa shape index (κ3) is 3.08. The molecule has 0 amide bonds. The second-order valence-corrected chi connectivity index (χ2v) is 3.88. The van der Waals surface area contributed by atoms with Gasteiger partial charge in [-0.05, 0) is 32.4 Å². The topological polar surface area (TPSA) is 40.5 Å². The molecule has 0 bridgehead atoms. The van der Waals surface area contributed by atoms with Gasteiger partial charge in [0, 0.05) is 13.0 Å². The van der Waals surface area contributed by atoms with Gasteiger partial charge in [-0.25, -0.2) is 0 Å². The molecule has 1 atom stereocenters. The lowest BCUT2D eigenvalue weighted by atomic mass is 9.92. The number of nitrogens with zero attached hydrogens (tertiary/aromatic N) is 1. The van der Waals surface area contributed by atoms with Gasteiger partial charge >= 0.3 is 0 Å². The zero-order chi connectivity index (χ0) is 9.73. The van der Waals surface area contributed by atoms with E-state index in [0.29, 0.717) is 6.42 Å². The van der Waals surface area contributed by atoms with Gasteiger partial charge in [-0.2, -0.15) is 0 Å². The Hall–Kier alpha value is -0.410. The molecule has 13 heavy (non-hydrogen) atoms. The van der Waals surface area contributed by atoms with Crippen LogP contribution in [0.4, 0.5) is 0 Å². The molecule has 3 nitrogen and oxygen atoms in total. The minimum Gasteiger partial charge on any atom is -0.389 e. The fourth-order valence-electron chi connectivity index (χ4n) is 1.91. The highest BCUT2D eigenvalue weighted by atomic mass is 16.3. The second kappa shape index (κ2) is 4.72. The molecule has 1 heterocycles. The highest BCUT2D eigenvalue weighted by Crippen LogP contribution is 2.24. The van der Waals surface area contributed by atoms with Crippen molar-refractivity contribution >= 4 is 6.29 Å². The molecule has 3 heteroatoms. The molecule has 0 aliphatic carbocycles. The zero-order valence-corrected chi connectivity index (χ0v) is 8.33. The van der Waals surface area contributed by atoms with E-state index in [4.69, 9.17) is 0 Å². The smallest absolute Gasteiger partial charge is 0.122 e. The first-order valence-corrected chi connectivity index (χ1v) is 5.08. The van der Waals surface area contributed by atoms with E-state index in [1.807, 2.05) is 0 Å². The Morgan fingerprint density at radius 3 is 2.85 bits per heavy atom. The summed E-state index contributed by atoms with van der Waals surface area (Å²) in [5, 5.41) is 10.0. The van der Waals surface area contributed by atoms with Crippen LogP contribution in [0.2, 0.25) is 0 Å². The summed E-state index contributed by atoms with van der Waals surface area (Å²) >= 11 is 0. The number of hydrogen-bond donors (Lipinski definition) is 1. The maximum Gasteiger partial charge on any atom is 0.122 e. The lowest BCUT2D eigenvalue weighted by Gasteiger charge is -2.24. The van der Waals surface area contributed by atoms with E-state index in [1.165, 1.54) is 0 Å². The first kappa shape index (κ1) is 10.7. The van der Waals surface area contributed by atoms with Crippen LogP contribution in [0.3, 0.4) is 0 Å². The van der Waals surface area contributed by atoms with Gasteiger partial charge in [0.25, 0.3) is 0 Å². The molecule has 76 valence electrons. The van der Waals surface area contributed by atoms with E-state index in [9.17, 15) is 9.90 Å². The molecule has 0 saturated carbocycles. The number of aliphatic hydroxyl groups is 1. The lowest BCUT2D eigenvalue weighted by molar-refractivity contribution is -0.112. The van der Waals surface area contributed by atoms with Crippen LogP contribution < -0.4 is 0 Å². The third-order valence-electron chi connectivity index (χ3n) is 2.92. The van der Waals surface area contributed by atoms with Crippen LogP contribution in [-0.4, -0.2) is 41.5 Å². The molecular weight excluding hydrogens is 166 g/mol. The Bertz CT molecular complexity index is 172. The fraction of sp³-hybridized carbons (Fsp3) is 0.900. The van der Waals surface area contributed by atoms with Gasteiger partial charge < -0.3 is 14.8 Å². The summed E-state index contributed by atoms with van der Waals surface area (Å²) in [6.45, 7) is 5.14. The van der Waals surface area contributed by atoms with E-state index in [1.54, 1.807) is 0 Å². The third-order valence-corrected chi connectivity index (χ3v) is 2.92. The van der Waals surface area contributed by atoms with Crippen molar-refractivity contribution in [3.05, 3.63) is 0 Å². The summed E-state index contributed by atoms with van der Waals surface area (Å²) in [5.74, 6) is 0. The molecule has 1 fully saturated rings. The average Bonchev–Trinajstić information content (AvgIpc) is 2.28. The summed E-state index contributed by atoms with van der Waals surface area (Å²) in [6.07, 6.45) is 3.63. The molecule has 0 aromatic rings. The summed E-state index contributed by atoms with van der Waals surface area (Å²) in [5.41, 5.74) is -0.717. The SMILES string of the molecule is CCN1CCCC(O)(CC=O)CC1. The zero-order valence-electron chi connectivity index (χ0n) is 8.33. The molecule has 1 aliphatic rings. The van der Waals surface area contributed by atoms with Gasteiger partial charge in [0.1, 0.15) is 6.29 Å². The van der Waals surface area contributed by atoms with Crippen molar-refractivity contribution in [3.63, 3.8) is 0 Å². The molecule has 0 radical (unpaired) electrons. The minimum absolute atomic E-state index is 0.296. The van der Waals surface area contributed by atoms with Crippen LogP contribution in [0.1, 0.15) is 32.6 Å². The van der Waals surface area contributed by atoms with E-state index in [2.05, 4.69) is 11.8 Å². The predicted molar refractivity (Wildman–Crippen MR) is 51.6 cm³/mol. The van der Waals surface area contributed by atoms with Gasteiger partial charge in [-0.15, -0.1) is 0 Å². The number of aldehydes is 1. The van der Waals surface area contributed by atoms with Gasteiger partial charge in [0.05, 0.1) is 5.60 Å². The minimum atomic E-state index is -0.717. The van der Waals surface area contributed by atoms with Crippen LogP contribution >= 0.6 is 0 Å². The molecule has 0 aromatic heterocycles. The Morgan fingerprint density at radius 2 is 2.23 bits per heavy atom. The number of hydrogen-bond acceptors (Lipinski definition) is 3. The summed E-state index contributed by atoms with van der Waals surface area (Å²) in [7, 11) is 0. The highest BCUT2D eigenvalue weighted by molar-refractivity contribution is 5.51. The van der Waals surface area contributed by atoms with Crippen LogP contribution in [-0.2, 0) is 4.79 Å². The standard InChI is InChI=1S/C10H19NO2/c1-2-11-7-3-4-10(13,5-8-11)6-9-12/h9,13H,2-8H2,1H3. The molecule has 0 aromatic carbocycles. The average molecular weight is 185 g/mol. The number of carbonyl (C=O) groups is 1. The largest absolute Gasteiger partial charge is 0.389 e. The molecule has 1 rings (SSSR count). The predicted octanol–water partition coefficient (Wildman–Crippen LogP) is 0.812. The molecule has 1 aliphatic heterocycles. The summed E-state index contributed by atoms with van der Waals surface area (Å²) in [4.78, 5) is 12.7. The first-order valence-electron chi connectivity index (χ1n) is 5.08.